The zero-order valence-corrected chi connectivity index (χ0v) is 10.2. The summed E-state index contributed by atoms with van der Waals surface area (Å²) in [5, 5.41) is 14.1. The van der Waals surface area contributed by atoms with Crippen LogP contribution in [0.25, 0.3) is 0 Å². The number of hydrogen-bond acceptors (Lipinski definition) is 5. The molecule has 98 valence electrons. The number of hydrogen-bond donors (Lipinski definition) is 1. The molecule has 1 aliphatic rings. The molecule has 0 spiro atoms. The van der Waals surface area contributed by atoms with Gasteiger partial charge in [-0.1, -0.05) is 0 Å². The Kier molecular flexibility index (Phi) is 3.99. The van der Waals surface area contributed by atoms with Crippen LogP contribution in [-0.2, 0) is 4.74 Å². The number of anilines is 1. The molecular weight excluding hydrogens is 236 g/mol. The molecule has 0 unspecified atom stereocenters. The van der Waals surface area contributed by atoms with Crippen molar-refractivity contribution in [1.82, 2.24) is 0 Å². The summed E-state index contributed by atoms with van der Waals surface area (Å²) in [6, 6.07) is 5.00. The number of rotatable bonds is 4. The number of nitro groups is 1. The van der Waals surface area contributed by atoms with E-state index in [4.69, 9.17) is 9.47 Å². The maximum Gasteiger partial charge on any atom is 0.275 e. The molecule has 6 heteroatoms. The maximum atomic E-state index is 10.8. The van der Waals surface area contributed by atoms with Crippen LogP contribution < -0.4 is 10.1 Å². The Hall–Kier alpha value is -1.82. The largest absolute Gasteiger partial charge is 0.496 e. The molecule has 0 atom stereocenters. The highest BCUT2D eigenvalue weighted by atomic mass is 16.6. The fourth-order valence-corrected chi connectivity index (χ4v) is 1.97. The van der Waals surface area contributed by atoms with Gasteiger partial charge in [0.25, 0.3) is 5.69 Å². The van der Waals surface area contributed by atoms with Crippen molar-refractivity contribution in [3.8, 4) is 5.75 Å². The van der Waals surface area contributed by atoms with Gasteiger partial charge in [-0.3, -0.25) is 10.1 Å². The number of nitro benzene ring substituents is 1. The molecule has 0 radical (unpaired) electrons. The van der Waals surface area contributed by atoms with Gasteiger partial charge in [0.1, 0.15) is 5.75 Å². The molecule has 2 rings (SSSR count). The van der Waals surface area contributed by atoms with Gasteiger partial charge in [-0.2, -0.15) is 0 Å². The Labute approximate surface area is 105 Å². The molecule has 6 nitrogen and oxygen atoms in total. The third-order valence-electron chi connectivity index (χ3n) is 2.93. The van der Waals surface area contributed by atoms with Crippen LogP contribution in [-0.4, -0.2) is 31.3 Å². The number of ether oxygens (including phenoxy) is 2. The van der Waals surface area contributed by atoms with Gasteiger partial charge in [-0.25, -0.2) is 0 Å². The van der Waals surface area contributed by atoms with Gasteiger partial charge in [0.15, 0.2) is 0 Å². The van der Waals surface area contributed by atoms with E-state index in [9.17, 15) is 10.1 Å². The summed E-state index contributed by atoms with van der Waals surface area (Å²) in [6.07, 6.45) is 1.82. The van der Waals surface area contributed by atoms with Gasteiger partial charge in [0, 0.05) is 37.1 Å². The van der Waals surface area contributed by atoms with Crippen molar-refractivity contribution in [3.63, 3.8) is 0 Å². The lowest BCUT2D eigenvalue weighted by molar-refractivity contribution is -0.384. The quantitative estimate of drug-likeness (QED) is 0.656. The Morgan fingerprint density at radius 2 is 2.11 bits per heavy atom. The van der Waals surface area contributed by atoms with Crippen LogP contribution in [0.2, 0.25) is 0 Å². The fourth-order valence-electron chi connectivity index (χ4n) is 1.97. The van der Waals surface area contributed by atoms with Crippen LogP contribution >= 0.6 is 0 Å². The predicted molar refractivity (Wildman–Crippen MR) is 67.1 cm³/mol. The first-order chi connectivity index (χ1) is 8.69. The summed E-state index contributed by atoms with van der Waals surface area (Å²) < 4.78 is 10.3. The van der Waals surface area contributed by atoms with Gasteiger partial charge >= 0.3 is 0 Å². The third-order valence-corrected chi connectivity index (χ3v) is 2.93. The van der Waals surface area contributed by atoms with Crippen LogP contribution in [0.15, 0.2) is 18.2 Å². The van der Waals surface area contributed by atoms with E-state index in [-0.39, 0.29) is 5.69 Å². The van der Waals surface area contributed by atoms with E-state index in [1.807, 2.05) is 0 Å². The number of nitrogens with zero attached hydrogens (tertiary/aromatic N) is 1. The lowest BCUT2D eigenvalue weighted by atomic mass is 10.1. The van der Waals surface area contributed by atoms with E-state index in [2.05, 4.69) is 5.32 Å². The fraction of sp³-hybridized carbons (Fsp3) is 0.500. The van der Waals surface area contributed by atoms with Crippen molar-refractivity contribution in [2.45, 2.75) is 18.9 Å². The molecular formula is C12H16N2O4. The van der Waals surface area contributed by atoms with Crippen molar-refractivity contribution in [2.75, 3.05) is 25.6 Å². The minimum atomic E-state index is -0.419. The van der Waals surface area contributed by atoms with E-state index in [1.54, 1.807) is 6.07 Å². The molecule has 0 bridgehead atoms. The molecule has 0 amide bonds. The number of methoxy groups -OCH3 is 1. The molecule has 1 heterocycles. The van der Waals surface area contributed by atoms with Gasteiger partial charge in [0.2, 0.25) is 0 Å². The standard InChI is InChI=1S/C12H16N2O4/c1-17-12-7-10(6-11(8-12)14(15)16)13-9-2-4-18-5-3-9/h6-9,13H,2-5H2,1H3. The van der Waals surface area contributed by atoms with E-state index in [0.29, 0.717) is 17.5 Å². The summed E-state index contributed by atoms with van der Waals surface area (Å²) >= 11 is 0. The minimum absolute atomic E-state index is 0.0314. The molecule has 1 aliphatic heterocycles. The molecule has 1 aromatic rings. The topological polar surface area (TPSA) is 73.6 Å². The average Bonchev–Trinajstić information content (AvgIpc) is 2.39. The second-order valence-corrected chi connectivity index (χ2v) is 4.21. The van der Waals surface area contributed by atoms with Gasteiger partial charge in [-0.05, 0) is 12.8 Å². The molecule has 0 aromatic heterocycles. The van der Waals surface area contributed by atoms with E-state index >= 15 is 0 Å². The lowest BCUT2D eigenvalue weighted by Crippen LogP contribution is -2.27. The second-order valence-electron chi connectivity index (χ2n) is 4.21. The molecule has 0 saturated carbocycles. The molecule has 1 aromatic carbocycles. The Bertz CT molecular complexity index is 430. The van der Waals surface area contributed by atoms with Crippen molar-refractivity contribution in [1.29, 1.82) is 0 Å². The van der Waals surface area contributed by atoms with E-state index in [1.165, 1.54) is 19.2 Å². The van der Waals surface area contributed by atoms with Crippen LogP contribution in [0.3, 0.4) is 0 Å². The molecule has 18 heavy (non-hydrogen) atoms. The zero-order valence-electron chi connectivity index (χ0n) is 10.2. The molecule has 1 N–H and O–H groups in total. The first kappa shape index (κ1) is 12.6. The van der Waals surface area contributed by atoms with Crippen molar-refractivity contribution in [3.05, 3.63) is 28.3 Å². The summed E-state index contributed by atoms with van der Waals surface area (Å²) in [6.45, 7) is 1.45. The monoisotopic (exact) mass is 252 g/mol. The first-order valence-electron chi connectivity index (χ1n) is 5.87. The van der Waals surface area contributed by atoms with Crippen LogP contribution in [0.5, 0.6) is 5.75 Å². The van der Waals surface area contributed by atoms with Gasteiger partial charge in [-0.15, -0.1) is 0 Å². The highest BCUT2D eigenvalue weighted by molar-refractivity contribution is 5.56. The van der Waals surface area contributed by atoms with Gasteiger partial charge < -0.3 is 14.8 Å². The van der Waals surface area contributed by atoms with Crippen molar-refractivity contribution < 1.29 is 14.4 Å². The normalized spacial score (nSPS) is 16.3. The lowest BCUT2D eigenvalue weighted by Gasteiger charge is -2.24. The average molecular weight is 252 g/mol. The zero-order chi connectivity index (χ0) is 13.0. The van der Waals surface area contributed by atoms with Crippen molar-refractivity contribution in [2.24, 2.45) is 0 Å². The molecule has 1 fully saturated rings. The maximum absolute atomic E-state index is 10.8. The smallest absolute Gasteiger partial charge is 0.275 e. The SMILES string of the molecule is COc1cc(NC2CCOCC2)cc([N+](=O)[O-])c1. The number of nitrogens with one attached hydrogen (secondary N) is 1. The first-order valence-corrected chi connectivity index (χ1v) is 5.87. The summed E-state index contributed by atoms with van der Waals surface area (Å²) in [5.41, 5.74) is 0.747. The third kappa shape index (κ3) is 3.10. The Balaban J connectivity index is 2.15. The highest BCUT2D eigenvalue weighted by Crippen LogP contribution is 2.27. The Morgan fingerprint density at radius 3 is 2.72 bits per heavy atom. The summed E-state index contributed by atoms with van der Waals surface area (Å²) in [4.78, 5) is 10.4. The number of non-ortho nitro benzene ring substituents is 1. The van der Waals surface area contributed by atoms with Crippen LogP contribution in [0, 0.1) is 10.1 Å². The van der Waals surface area contributed by atoms with Crippen LogP contribution in [0.4, 0.5) is 11.4 Å². The Morgan fingerprint density at radius 1 is 1.39 bits per heavy atom. The predicted octanol–water partition coefficient (Wildman–Crippen LogP) is 2.19. The molecule has 0 aliphatic carbocycles. The minimum Gasteiger partial charge on any atom is -0.496 e. The second kappa shape index (κ2) is 5.68. The highest BCUT2D eigenvalue weighted by Gasteiger charge is 2.16. The summed E-state index contributed by atoms with van der Waals surface area (Å²) in [5.74, 6) is 0.485. The van der Waals surface area contributed by atoms with E-state index < -0.39 is 4.92 Å². The molecule has 1 saturated heterocycles. The number of benzene rings is 1. The van der Waals surface area contributed by atoms with Crippen LogP contribution in [0.1, 0.15) is 12.8 Å². The van der Waals surface area contributed by atoms with Crippen molar-refractivity contribution >= 4 is 11.4 Å². The van der Waals surface area contributed by atoms with E-state index in [0.717, 1.165) is 26.1 Å². The summed E-state index contributed by atoms with van der Waals surface area (Å²) in [7, 11) is 1.50. The van der Waals surface area contributed by atoms with Gasteiger partial charge in [0.05, 0.1) is 18.1 Å².